The molecule has 1 heterocycles. The summed E-state index contributed by atoms with van der Waals surface area (Å²) in [4.78, 5) is 0. The highest BCUT2D eigenvalue weighted by molar-refractivity contribution is 5.45. The van der Waals surface area contributed by atoms with Gasteiger partial charge in [-0.25, -0.2) is 4.68 Å². The lowest BCUT2D eigenvalue weighted by atomic mass is 9.90. The number of hydrogen-bond acceptors (Lipinski definition) is 1. The number of unbranched alkanes of at least 4 members (excludes halogenated alkanes) is 1. The summed E-state index contributed by atoms with van der Waals surface area (Å²) in [6.45, 7) is 8.86. The summed E-state index contributed by atoms with van der Waals surface area (Å²) in [5, 5.41) is 4.60. The maximum Gasteiger partial charge on any atom is 0.0680 e. The van der Waals surface area contributed by atoms with E-state index in [9.17, 15) is 0 Å². The van der Waals surface area contributed by atoms with Crippen LogP contribution in [0.4, 0.5) is 0 Å². The molecule has 0 saturated heterocycles. The first-order valence-electron chi connectivity index (χ1n) is 8.35. The third kappa shape index (κ3) is 3.75. The second kappa shape index (κ2) is 7.44. The van der Waals surface area contributed by atoms with E-state index < -0.39 is 0 Å². The van der Waals surface area contributed by atoms with E-state index in [-0.39, 0.29) is 0 Å². The summed E-state index contributed by atoms with van der Waals surface area (Å²) < 4.78 is 2.03. The fourth-order valence-electron chi connectivity index (χ4n) is 2.95. The van der Waals surface area contributed by atoms with Gasteiger partial charge in [0, 0.05) is 6.20 Å². The van der Waals surface area contributed by atoms with Crippen LogP contribution in [0.1, 0.15) is 69.2 Å². The highest BCUT2D eigenvalue weighted by Crippen LogP contribution is 2.30. The topological polar surface area (TPSA) is 17.8 Å². The van der Waals surface area contributed by atoms with E-state index in [1.54, 1.807) is 0 Å². The van der Waals surface area contributed by atoms with Gasteiger partial charge in [-0.3, -0.25) is 0 Å². The molecule has 1 aromatic heterocycles. The Morgan fingerprint density at radius 1 is 1.10 bits per heavy atom. The van der Waals surface area contributed by atoms with Crippen LogP contribution in [0.25, 0.3) is 5.69 Å². The molecule has 0 N–H and O–H groups in total. The van der Waals surface area contributed by atoms with Crippen molar-refractivity contribution in [2.75, 3.05) is 0 Å². The minimum atomic E-state index is 0.617. The van der Waals surface area contributed by atoms with E-state index in [1.807, 2.05) is 11.6 Å². The normalized spacial score (nSPS) is 11.3. The van der Waals surface area contributed by atoms with E-state index in [0.29, 0.717) is 5.92 Å². The van der Waals surface area contributed by atoms with Crippen LogP contribution in [0.3, 0.4) is 0 Å². The van der Waals surface area contributed by atoms with Crippen molar-refractivity contribution in [3.63, 3.8) is 0 Å². The average molecular weight is 284 g/mol. The van der Waals surface area contributed by atoms with E-state index in [0.717, 1.165) is 5.69 Å². The summed E-state index contributed by atoms with van der Waals surface area (Å²) in [6.07, 6.45) is 8.13. The van der Waals surface area contributed by atoms with Crippen molar-refractivity contribution >= 4 is 0 Å². The van der Waals surface area contributed by atoms with Gasteiger partial charge in [0.05, 0.1) is 11.4 Å². The number of hydrogen-bond donors (Lipinski definition) is 0. The highest BCUT2D eigenvalue weighted by atomic mass is 15.3. The lowest BCUT2D eigenvalue weighted by molar-refractivity contribution is 0.632. The molecule has 2 rings (SSSR count). The molecule has 0 spiro atoms. The third-order valence-electron chi connectivity index (χ3n) is 4.31. The number of benzene rings is 1. The minimum Gasteiger partial charge on any atom is -0.240 e. The van der Waals surface area contributed by atoms with Crippen LogP contribution in [0.5, 0.6) is 0 Å². The molecule has 2 heteroatoms. The maximum atomic E-state index is 4.60. The molecule has 0 radical (unpaired) electrons. The smallest absolute Gasteiger partial charge is 0.0680 e. The molecule has 0 saturated carbocycles. The Balaban J connectivity index is 2.43. The van der Waals surface area contributed by atoms with Gasteiger partial charge in [0.25, 0.3) is 0 Å². The Kier molecular flexibility index (Phi) is 5.60. The molecule has 0 amide bonds. The lowest BCUT2D eigenvalue weighted by Crippen LogP contribution is -2.06. The van der Waals surface area contributed by atoms with Crippen LogP contribution in [-0.2, 0) is 6.42 Å². The van der Waals surface area contributed by atoms with Gasteiger partial charge in [0.2, 0.25) is 0 Å². The zero-order valence-corrected chi connectivity index (χ0v) is 13.9. The predicted octanol–water partition coefficient (Wildman–Crippen LogP) is 5.43. The van der Waals surface area contributed by atoms with E-state index in [2.05, 4.69) is 56.3 Å². The van der Waals surface area contributed by atoms with Crippen LogP contribution >= 0.6 is 0 Å². The Hall–Kier alpha value is -1.57. The number of aryl methyl sites for hydroxylation is 2. The molecule has 0 aliphatic heterocycles. The first-order valence-corrected chi connectivity index (χ1v) is 8.35. The summed E-state index contributed by atoms with van der Waals surface area (Å²) >= 11 is 0. The van der Waals surface area contributed by atoms with E-state index in [1.165, 1.54) is 48.9 Å². The SMILES string of the molecule is CCCCc1ccc(-n2ccc(C)n2)c(C(CC)CC)c1. The second-order valence-corrected chi connectivity index (χ2v) is 5.91. The largest absolute Gasteiger partial charge is 0.240 e. The Bertz CT molecular complexity index is 565. The third-order valence-corrected chi connectivity index (χ3v) is 4.31. The van der Waals surface area contributed by atoms with Gasteiger partial charge >= 0.3 is 0 Å². The standard InChI is InChI=1S/C19H28N2/c1-5-8-9-16-10-11-19(21-13-12-15(4)20-21)18(14-16)17(6-2)7-3/h10-14,17H,5-9H2,1-4H3. The maximum absolute atomic E-state index is 4.60. The molecule has 21 heavy (non-hydrogen) atoms. The Labute approximate surface area is 129 Å². The molecule has 114 valence electrons. The molecular weight excluding hydrogens is 256 g/mol. The highest BCUT2D eigenvalue weighted by Gasteiger charge is 2.14. The molecule has 0 unspecified atom stereocenters. The van der Waals surface area contributed by atoms with Crippen molar-refractivity contribution in [2.45, 2.75) is 65.7 Å². The number of nitrogens with zero attached hydrogens (tertiary/aromatic N) is 2. The second-order valence-electron chi connectivity index (χ2n) is 5.91. The number of rotatable bonds is 7. The van der Waals surface area contributed by atoms with Crippen molar-refractivity contribution in [3.05, 3.63) is 47.3 Å². The first kappa shape index (κ1) is 15.8. The predicted molar refractivity (Wildman–Crippen MR) is 90.2 cm³/mol. The van der Waals surface area contributed by atoms with Crippen LogP contribution < -0.4 is 0 Å². The quantitative estimate of drug-likeness (QED) is 0.663. The summed E-state index contributed by atoms with van der Waals surface area (Å²) in [7, 11) is 0. The van der Waals surface area contributed by atoms with Gasteiger partial charge in [0.15, 0.2) is 0 Å². The van der Waals surface area contributed by atoms with E-state index in [4.69, 9.17) is 0 Å². The van der Waals surface area contributed by atoms with Gasteiger partial charge in [-0.05, 0) is 61.8 Å². The van der Waals surface area contributed by atoms with Gasteiger partial charge in [-0.1, -0.05) is 39.3 Å². The zero-order chi connectivity index (χ0) is 15.2. The van der Waals surface area contributed by atoms with E-state index >= 15 is 0 Å². The minimum absolute atomic E-state index is 0.617. The van der Waals surface area contributed by atoms with Crippen LogP contribution in [0.15, 0.2) is 30.5 Å². The Morgan fingerprint density at radius 2 is 1.86 bits per heavy atom. The van der Waals surface area contributed by atoms with Gasteiger partial charge < -0.3 is 0 Å². The summed E-state index contributed by atoms with van der Waals surface area (Å²) in [5.74, 6) is 0.617. The lowest BCUT2D eigenvalue weighted by Gasteiger charge is -2.19. The van der Waals surface area contributed by atoms with Crippen molar-refractivity contribution in [1.29, 1.82) is 0 Å². The van der Waals surface area contributed by atoms with Gasteiger partial charge in [0.1, 0.15) is 0 Å². The fourth-order valence-corrected chi connectivity index (χ4v) is 2.95. The zero-order valence-electron chi connectivity index (χ0n) is 13.9. The fraction of sp³-hybridized carbons (Fsp3) is 0.526. The molecule has 1 aromatic carbocycles. The molecule has 2 nitrogen and oxygen atoms in total. The van der Waals surface area contributed by atoms with Crippen molar-refractivity contribution < 1.29 is 0 Å². The number of aromatic nitrogens is 2. The summed E-state index contributed by atoms with van der Waals surface area (Å²) in [5.41, 5.74) is 5.24. The van der Waals surface area contributed by atoms with Crippen LogP contribution in [-0.4, -0.2) is 9.78 Å². The Morgan fingerprint density at radius 3 is 2.43 bits per heavy atom. The van der Waals surface area contributed by atoms with Crippen LogP contribution in [0.2, 0.25) is 0 Å². The molecule has 0 bridgehead atoms. The monoisotopic (exact) mass is 284 g/mol. The molecule has 0 aliphatic carbocycles. The molecule has 2 aromatic rings. The molecule has 0 atom stereocenters. The summed E-state index contributed by atoms with van der Waals surface area (Å²) in [6, 6.07) is 9.01. The van der Waals surface area contributed by atoms with Crippen LogP contribution in [0, 0.1) is 6.92 Å². The van der Waals surface area contributed by atoms with Gasteiger partial charge in [-0.15, -0.1) is 0 Å². The van der Waals surface area contributed by atoms with Crippen molar-refractivity contribution in [1.82, 2.24) is 9.78 Å². The van der Waals surface area contributed by atoms with Gasteiger partial charge in [-0.2, -0.15) is 5.10 Å². The van der Waals surface area contributed by atoms with Crippen molar-refractivity contribution in [3.8, 4) is 5.69 Å². The molecular formula is C19H28N2. The average Bonchev–Trinajstić information content (AvgIpc) is 2.93. The molecule has 0 aliphatic rings. The molecule has 0 fully saturated rings. The first-order chi connectivity index (χ1) is 10.2. The van der Waals surface area contributed by atoms with Crippen molar-refractivity contribution in [2.24, 2.45) is 0 Å².